The molecule has 96 valence electrons. The average Bonchev–Trinajstić information content (AvgIpc) is 2.65. The van der Waals surface area contributed by atoms with Crippen LogP contribution in [-0.4, -0.2) is 51.3 Å². The quantitative estimate of drug-likeness (QED) is 0.773. The molecule has 0 aromatic heterocycles. The van der Waals surface area contributed by atoms with Gasteiger partial charge in [-0.15, -0.1) is 0 Å². The van der Waals surface area contributed by atoms with Crippen molar-refractivity contribution in [1.29, 1.82) is 0 Å². The molecule has 1 aliphatic heterocycles. The van der Waals surface area contributed by atoms with Gasteiger partial charge in [-0.1, -0.05) is 20.8 Å². The van der Waals surface area contributed by atoms with Crippen molar-refractivity contribution in [1.82, 2.24) is 10.2 Å². The summed E-state index contributed by atoms with van der Waals surface area (Å²) in [5, 5.41) is 3.32. The highest BCUT2D eigenvalue weighted by Crippen LogP contribution is 2.33. The normalized spacial score (nSPS) is 24.9. The summed E-state index contributed by atoms with van der Waals surface area (Å²) in [6, 6.07) is 0.462. The molecular formula is C13H28N2O. The van der Waals surface area contributed by atoms with Gasteiger partial charge in [0.25, 0.3) is 0 Å². The second kappa shape index (κ2) is 5.99. The second-order valence-electron chi connectivity index (χ2n) is 6.05. The molecule has 3 heteroatoms. The zero-order valence-corrected chi connectivity index (χ0v) is 11.5. The average molecular weight is 228 g/mol. The van der Waals surface area contributed by atoms with Crippen LogP contribution in [0.4, 0.5) is 0 Å². The van der Waals surface area contributed by atoms with Crippen molar-refractivity contribution < 1.29 is 4.74 Å². The first-order valence-electron chi connectivity index (χ1n) is 6.36. The number of likely N-dealkylation sites (tertiary alicyclic amines) is 1. The van der Waals surface area contributed by atoms with Crippen molar-refractivity contribution in [2.45, 2.75) is 33.2 Å². The van der Waals surface area contributed by atoms with Crippen molar-refractivity contribution in [3.63, 3.8) is 0 Å². The van der Waals surface area contributed by atoms with E-state index in [1.807, 2.05) is 7.05 Å². The first-order chi connectivity index (χ1) is 7.47. The van der Waals surface area contributed by atoms with Crippen LogP contribution in [0.5, 0.6) is 0 Å². The van der Waals surface area contributed by atoms with Crippen LogP contribution in [0.3, 0.4) is 0 Å². The van der Waals surface area contributed by atoms with Crippen LogP contribution < -0.4 is 5.32 Å². The molecule has 1 aliphatic rings. The van der Waals surface area contributed by atoms with Crippen LogP contribution in [0.15, 0.2) is 0 Å². The number of methoxy groups -OCH3 is 1. The molecule has 2 unspecified atom stereocenters. The predicted molar refractivity (Wildman–Crippen MR) is 68.7 cm³/mol. The molecule has 0 amide bonds. The SMILES string of the molecule is CNC(COC)CN1CCC(C(C)(C)C)C1. The van der Waals surface area contributed by atoms with Crippen molar-refractivity contribution in [2.24, 2.45) is 11.3 Å². The molecular weight excluding hydrogens is 200 g/mol. The Labute approximate surface area is 101 Å². The maximum Gasteiger partial charge on any atom is 0.0628 e. The molecule has 0 saturated carbocycles. The van der Waals surface area contributed by atoms with E-state index in [0.29, 0.717) is 11.5 Å². The Bertz CT molecular complexity index is 201. The maximum atomic E-state index is 5.21. The van der Waals surface area contributed by atoms with Gasteiger partial charge in [0.1, 0.15) is 0 Å². The summed E-state index contributed by atoms with van der Waals surface area (Å²) >= 11 is 0. The van der Waals surface area contributed by atoms with Crippen LogP contribution in [0.1, 0.15) is 27.2 Å². The summed E-state index contributed by atoms with van der Waals surface area (Å²) in [4.78, 5) is 2.57. The number of hydrogen-bond acceptors (Lipinski definition) is 3. The standard InChI is InChI=1S/C13H28N2O/c1-13(2,3)11-6-7-15(8-11)9-12(14-4)10-16-5/h11-12,14H,6-10H2,1-5H3. The van der Waals surface area contributed by atoms with Gasteiger partial charge in [0, 0.05) is 26.2 Å². The van der Waals surface area contributed by atoms with E-state index >= 15 is 0 Å². The molecule has 2 atom stereocenters. The number of ether oxygens (including phenoxy) is 1. The monoisotopic (exact) mass is 228 g/mol. The van der Waals surface area contributed by atoms with Crippen molar-refractivity contribution >= 4 is 0 Å². The fourth-order valence-corrected chi connectivity index (χ4v) is 2.45. The van der Waals surface area contributed by atoms with E-state index in [1.54, 1.807) is 7.11 Å². The Morgan fingerprint density at radius 1 is 1.44 bits per heavy atom. The van der Waals surface area contributed by atoms with Gasteiger partial charge in [-0.3, -0.25) is 0 Å². The van der Waals surface area contributed by atoms with Crippen LogP contribution in [0, 0.1) is 11.3 Å². The fourth-order valence-electron chi connectivity index (χ4n) is 2.45. The largest absolute Gasteiger partial charge is 0.383 e. The lowest BCUT2D eigenvalue weighted by atomic mass is 9.80. The number of nitrogens with one attached hydrogen (secondary N) is 1. The predicted octanol–water partition coefficient (Wildman–Crippen LogP) is 1.59. The topological polar surface area (TPSA) is 24.5 Å². The number of rotatable bonds is 5. The van der Waals surface area contributed by atoms with Crippen LogP contribution in [0.2, 0.25) is 0 Å². The highest BCUT2D eigenvalue weighted by Gasteiger charge is 2.32. The number of hydrogen-bond donors (Lipinski definition) is 1. The van der Waals surface area contributed by atoms with Gasteiger partial charge in [-0.2, -0.15) is 0 Å². The van der Waals surface area contributed by atoms with Crippen molar-refractivity contribution in [2.75, 3.05) is 40.4 Å². The van der Waals surface area contributed by atoms with Crippen LogP contribution in [0.25, 0.3) is 0 Å². The van der Waals surface area contributed by atoms with E-state index in [9.17, 15) is 0 Å². The summed E-state index contributed by atoms with van der Waals surface area (Å²) < 4.78 is 5.21. The molecule has 1 heterocycles. The molecule has 0 aromatic rings. The highest BCUT2D eigenvalue weighted by molar-refractivity contribution is 4.85. The third-order valence-corrected chi connectivity index (χ3v) is 3.75. The van der Waals surface area contributed by atoms with E-state index in [1.165, 1.54) is 19.5 Å². The Morgan fingerprint density at radius 2 is 2.12 bits per heavy atom. The summed E-state index contributed by atoms with van der Waals surface area (Å²) in [5.41, 5.74) is 0.450. The fraction of sp³-hybridized carbons (Fsp3) is 1.00. The highest BCUT2D eigenvalue weighted by atomic mass is 16.5. The van der Waals surface area contributed by atoms with Gasteiger partial charge in [-0.25, -0.2) is 0 Å². The number of likely N-dealkylation sites (N-methyl/N-ethyl adjacent to an activating group) is 1. The van der Waals surface area contributed by atoms with E-state index in [0.717, 1.165) is 19.1 Å². The first-order valence-corrected chi connectivity index (χ1v) is 6.36. The van der Waals surface area contributed by atoms with E-state index in [4.69, 9.17) is 4.74 Å². The molecule has 0 bridgehead atoms. The molecule has 0 radical (unpaired) electrons. The Hall–Kier alpha value is -0.120. The molecule has 0 spiro atoms. The van der Waals surface area contributed by atoms with Gasteiger partial charge in [-0.05, 0) is 31.3 Å². The van der Waals surface area contributed by atoms with Gasteiger partial charge in [0.05, 0.1) is 6.61 Å². The van der Waals surface area contributed by atoms with Gasteiger partial charge in [0.15, 0.2) is 0 Å². The smallest absolute Gasteiger partial charge is 0.0628 e. The minimum Gasteiger partial charge on any atom is -0.383 e. The Balaban J connectivity index is 2.35. The van der Waals surface area contributed by atoms with Crippen LogP contribution >= 0.6 is 0 Å². The summed E-state index contributed by atoms with van der Waals surface area (Å²) in [7, 11) is 3.78. The van der Waals surface area contributed by atoms with Gasteiger partial charge in [0.2, 0.25) is 0 Å². The molecule has 16 heavy (non-hydrogen) atoms. The Kier molecular flexibility index (Phi) is 5.22. The summed E-state index contributed by atoms with van der Waals surface area (Å²) in [6.45, 7) is 11.4. The molecule has 1 saturated heterocycles. The van der Waals surface area contributed by atoms with E-state index < -0.39 is 0 Å². The third-order valence-electron chi connectivity index (χ3n) is 3.75. The van der Waals surface area contributed by atoms with Crippen molar-refractivity contribution in [3.8, 4) is 0 Å². The molecule has 0 aliphatic carbocycles. The second-order valence-corrected chi connectivity index (χ2v) is 6.05. The molecule has 0 aromatic carbocycles. The lowest BCUT2D eigenvalue weighted by Gasteiger charge is -2.28. The zero-order valence-electron chi connectivity index (χ0n) is 11.5. The molecule has 1 rings (SSSR count). The first kappa shape index (κ1) is 13.9. The maximum absolute atomic E-state index is 5.21. The van der Waals surface area contributed by atoms with Crippen molar-refractivity contribution in [3.05, 3.63) is 0 Å². The van der Waals surface area contributed by atoms with Gasteiger partial charge < -0.3 is 15.0 Å². The summed E-state index contributed by atoms with van der Waals surface area (Å²) in [5.74, 6) is 0.840. The lowest BCUT2D eigenvalue weighted by molar-refractivity contribution is 0.144. The van der Waals surface area contributed by atoms with E-state index in [-0.39, 0.29) is 0 Å². The van der Waals surface area contributed by atoms with Crippen LogP contribution in [-0.2, 0) is 4.74 Å². The number of nitrogens with zero attached hydrogens (tertiary/aromatic N) is 1. The zero-order chi connectivity index (χ0) is 12.2. The van der Waals surface area contributed by atoms with E-state index in [2.05, 4.69) is 31.0 Å². The lowest BCUT2D eigenvalue weighted by Crippen LogP contribution is -2.41. The molecule has 1 N–H and O–H groups in total. The minimum atomic E-state index is 0.450. The molecule has 1 fully saturated rings. The van der Waals surface area contributed by atoms with Gasteiger partial charge >= 0.3 is 0 Å². The Morgan fingerprint density at radius 3 is 2.56 bits per heavy atom. The third kappa shape index (κ3) is 4.04. The minimum absolute atomic E-state index is 0.450. The molecule has 3 nitrogen and oxygen atoms in total. The summed E-state index contributed by atoms with van der Waals surface area (Å²) in [6.07, 6.45) is 1.34.